The van der Waals surface area contributed by atoms with Crippen molar-refractivity contribution in [2.75, 3.05) is 7.11 Å². The molecule has 0 saturated carbocycles. The van der Waals surface area contributed by atoms with Gasteiger partial charge in [0.25, 0.3) is 5.91 Å². The highest BCUT2D eigenvalue weighted by Gasteiger charge is 2.41. The average Bonchev–Trinajstić information content (AvgIpc) is 3.13. The fourth-order valence-electron chi connectivity index (χ4n) is 2.41. The van der Waals surface area contributed by atoms with E-state index >= 15 is 0 Å². The second kappa shape index (κ2) is 7.85. The molecule has 11 heteroatoms. The van der Waals surface area contributed by atoms with Gasteiger partial charge in [0.2, 0.25) is 5.88 Å². The van der Waals surface area contributed by atoms with Gasteiger partial charge in [-0.25, -0.2) is 4.68 Å². The Morgan fingerprint density at radius 3 is 2.57 bits per heavy atom. The third-order valence-corrected chi connectivity index (χ3v) is 4.10. The molecule has 1 amide bonds. The largest absolute Gasteiger partial charge is 0.480 e. The lowest BCUT2D eigenvalue weighted by Gasteiger charge is -2.12. The van der Waals surface area contributed by atoms with E-state index in [9.17, 15) is 18.0 Å². The second-order valence-corrected chi connectivity index (χ2v) is 5.93. The molecule has 0 aliphatic carbocycles. The van der Waals surface area contributed by atoms with E-state index in [-0.39, 0.29) is 18.2 Å². The molecular weight excluding hydrogens is 399 g/mol. The van der Waals surface area contributed by atoms with Gasteiger partial charge in [0.05, 0.1) is 18.9 Å². The van der Waals surface area contributed by atoms with Crippen molar-refractivity contribution < 1.29 is 22.7 Å². The molecule has 146 valence electrons. The van der Waals surface area contributed by atoms with E-state index in [1.165, 1.54) is 19.2 Å². The number of methoxy groups -OCH3 is 1. The fourth-order valence-corrected chi connectivity index (χ4v) is 2.61. The molecule has 3 aromatic rings. The summed E-state index contributed by atoms with van der Waals surface area (Å²) in [5.41, 5.74) is -1.33. The van der Waals surface area contributed by atoms with Crippen LogP contribution in [-0.4, -0.2) is 33.0 Å². The van der Waals surface area contributed by atoms with Crippen LogP contribution >= 0.6 is 11.6 Å². The van der Waals surface area contributed by atoms with Crippen molar-refractivity contribution in [1.82, 2.24) is 25.3 Å². The molecule has 2 aromatic heterocycles. The van der Waals surface area contributed by atoms with Crippen LogP contribution in [0.3, 0.4) is 0 Å². The summed E-state index contributed by atoms with van der Waals surface area (Å²) in [7, 11) is 1.35. The number of nitrogens with zero attached hydrogens (tertiary/aromatic N) is 4. The molecule has 0 fully saturated rings. The van der Waals surface area contributed by atoms with E-state index in [0.29, 0.717) is 15.3 Å². The Morgan fingerprint density at radius 2 is 1.96 bits per heavy atom. The number of aromatic nitrogens is 4. The molecular formula is C17H13ClF3N5O2. The van der Waals surface area contributed by atoms with Crippen molar-refractivity contribution in [3.63, 3.8) is 0 Å². The SMILES string of the molecule is COc1ccc(-n2ncc(C(=O)NCc3ccccc3Cl)c2C(F)(F)F)nn1. The summed E-state index contributed by atoms with van der Waals surface area (Å²) in [6.45, 7) is -0.0384. The quantitative estimate of drug-likeness (QED) is 0.696. The lowest BCUT2D eigenvalue weighted by Crippen LogP contribution is -2.26. The minimum absolute atomic E-state index is 0.0384. The monoisotopic (exact) mass is 411 g/mol. The molecule has 1 N–H and O–H groups in total. The predicted octanol–water partition coefficient (Wildman–Crippen LogP) is 3.27. The normalized spacial score (nSPS) is 11.3. The molecule has 3 rings (SSSR count). The molecule has 28 heavy (non-hydrogen) atoms. The summed E-state index contributed by atoms with van der Waals surface area (Å²) in [5, 5.41) is 13.7. The van der Waals surface area contributed by atoms with E-state index in [1.807, 2.05) is 0 Å². The zero-order valence-corrected chi connectivity index (χ0v) is 15.1. The van der Waals surface area contributed by atoms with Crippen LogP contribution in [0.25, 0.3) is 5.82 Å². The minimum atomic E-state index is -4.85. The standard InChI is InChI=1S/C17H13ClF3N5O2/c1-28-14-7-6-13(24-25-14)26-15(17(19,20)21)11(9-23-26)16(27)22-8-10-4-2-3-5-12(10)18/h2-7,9H,8H2,1H3,(H,22,27). The number of halogens is 4. The number of benzene rings is 1. The van der Waals surface area contributed by atoms with Crippen molar-refractivity contribution in [2.45, 2.75) is 12.7 Å². The van der Waals surface area contributed by atoms with Gasteiger partial charge in [0.1, 0.15) is 0 Å². The number of hydrogen-bond acceptors (Lipinski definition) is 5. The van der Waals surface area contributed by atoms with Crippen LogP contribution in [0, 0.1) is 0 Å². The number of amides is 1. The smallest absolute Gasteiger partial charge is 0.434 e. The molecule has 0 atom stereocenters. The van der Waals surface area contributed by atoms with Gasteiger partial charge in [-0.2, -0.15) is 18.3 Å². The highest BCUT2D eigenvalue weighted by atomic mass is 35.5. The molecule has 0 radical (unpaired) electrons. The maximum atomic E-state index is 13.6. The summed E-state index contributed by atoms with van der Waals surface area (Å²) in [6.07, 6.45) is -4.02. The van der Waals surface area contributed by atoms with Gasteiger partial charge in [-0.1, -0.05) is 29.8 Å². The highest BCUT2D eigenvalue weighted by Crippen LogP contribution is 2.33. The van der Waals surface area contributed by atoms with Crippen LogP contribution < -0.4 is 10.1 Å². The lowest BCUT2D eigenvalue weighted by molar-refractivity contribution is -0.143. The van der Waals surface area contributed by atoms with Crippen LogP contribution in [0.5, 0.6) is 5.88 Å². The number of hydrogen-bond donors (Lipinski definition) is 1. The first kappa shape index (κ1) is 19.6. The molecule has 0 aliphatic heterocycles. The van der Waals surface area contributed by atoms with Gasteiger partial charge in [0, 0.05) is 17.6 Å². The number of carbonyl (C=O) groups is 1. The van der Waals surface area contributed by atoms with Gasteiger partial charge < -0.3 is 10.1 Å². The lowest BCUT2D eigenvalue weighted by atomic mass is 10.2. The van der Waals surface area contributed by atoms with E-state index in [2.05, 4.69) is 20.6 Å². The molecule has 0 saturated heterocycles. The van der Waals surface area contributed by atoms with Gasteiger partial charge in [-0.15, -0.1) is 10.2 Å². The maximum Gasteiger partial charge on any atom is 0.434 e. The molecule has 2 heterocycles. The Labute approximate surface area is 162 Å². The van der Waals surface area contributed by atoms with Crippen LogP contribution in [0.4, 0.5) is 13.2 Å². The number of nitrogens with one attached hydrogen (secondary N) is 1. The van der Waals surface area contributed by atoms with Crippen molar-refractivity contribution in [2.24, 2.45) is 0 Å². The zero-order valence-electron chi connectivity index (χ0n) is 14.4. The Balaban J connectivity index is 1.91. The van der Waals surface area contributed by atoms with Crippen molar-refractivity contribution in [3.05, 3.63) is 64.4 Å². The third kappa shape index (κ3) is 4.06. The summed E-state index contributed by atoms with van der Waals surface area (Å²) < 4.78 is 46.2. The number of ether oxygens (including phenoxy) is 1. The highest BCUT2D eigenvalue weighted by molar-refractivity contribution is 6.31. The van der Waals surface area contributed by atoms with E-state index in [0.717, 1.165) is 6.20 Å². The Kier molecular flexibility index (Phi) is 5.50. The average molecular weight is 412 g/mol. The molecule has 0 unspecified atom stereocenters. The summed E-state index contributed by atoms with van der Waals surface area (Å²) in [5.74, 6) is -1.03. The number of carbonyl (C=O) groups excluding carboxylic acids is 1. The fraction of sp³-hybridized carbons (Fsp3) is 0.176. The molecule has 7 nitrogen and oxygen atoms in total. The molecule has 0 spiro atoms. The topological polar surface area (TPSA) is 81.9 Å². The first-order chi connectivity index (χ1) is 13.3. The Bertz CT molecular complexity index is 989. The summed E-state index contributed by atoms with van der Waals surface area (Å²) in [4.78, 5) is 12.4. The summed E-state index contributed by atoms with van der Waals surface area (Å²) >= 11 is 5.99. The molecule has 0 bridgehead atoms. The molecule has 0 aliphatic rings. The Morgan fingerprint density at radius 1 is 1.21 bits per heavy atom. The van der Waals surface area contributed by atoms with Gasteiger partial charge in [-0.3, -0.25) is 4.79 Å². The van der Waals surface area contributed by atoms with E-state index < -0.39 is 23.3 Å². The van der Waals surface area contributed by atoms with Gasteiger partial charge in [0.15, 0.2) is 11.5 Å². The van der Waals surface area contributed by atoms with Crippen LogP contribution in [0.15, 0.2) is 42.6 Å². The zero-order chi connectivity index (χ0) is 20.3. The number of rotatable bonds is 5. The van der Waals surface area contributed by atoms with Crippen molar-refractivity contribution in [1.29, 1.82) is 0 Å². The van der Waals surface area contributed by atoms with E-state index in [1.54, 1.807) is 24.3 Å². The second-order valence-electron chi connectivity index (χ2n) is 5.52. The van der Waals surface area contributed by atoms with Gasteiger partial charge >= 0.3 is 6.18 Å². The molecule has 1 aromatic carbocycles. The van der Waals surface area contributed by atoms with Crippen molar-refractivity contribution >= 4 is 17.5 Å². The Hall–Kier alpha value is -3.14. The first-order valence-corrected chi connectivity index (χ1v) is 8.24. The minimum Gasteiger partial charge on any atom is -0.480 e. The first-order valence-electron chi connectivity index (χ1n) is 7.86. The predicted molar refractivity (Wildman–Crippen MR) is 93.3 cm³/mol. The third-order valence-electron chi connectivity index (χ3n) is 3.73. The van der Waals surface area contributed by atoms with E-state index in [4.69, 9.17) is 16.3 Å². The summed E-state index contributed by atoms with van der Waals surface area (Å²) in [6, 6.07) is 9.26. The van der Waals surface area contributed by atoms with Crippen molar-refractivity contribution in [3.8, 4) is 11.7 Å². The maximum absolute atomic E-state index is 13.6. The number of alkyl halides is 3. The van der Waals surface area contributed by atoms with Crippen LogP contribution in [-0.2, 0) is 12.7 Å². The van der Waals surface area contributed by atoms with Gasteiger partial charge in [-0.05, 0) is 17.7 Å². The van der Waals surface area contributed by atoms with Crippen LogP contribution in [0.2, 0.25) is 5.02 Å². The van der Waals surface area contributed by atoms with Crippen LogP contribution in [0.1, 0.15) is 21.6 Å².